The van der Waals surface area contributed by atoms with Crippen LogP contribution in [0, 0.1) is 5.82 Å². The number of amides is 1. The number of nitrogen functional groups attached to an aromatic ring is 1. The highest BCUT2D eigenvalue weighted by atomic mass is 32.2. The summed E-state index contributed by atoms with van der Waals surface area (Å²) < 4.78 is 44.1. The maximum Gasteiger partial charge on any atom is 0.408 e. The number of carbonyl (C=O) groups is 1. The van der Waals surface area contributed by atoms with Gasteiger partial charge in [0.2, 0.25) is 10.0 Å². The van der Waals surface area contributed by atoms with Gasteiger partial charge in [-0.1, -0.05) is 24.3 Å². The average Bonchev–Trinajstić information content (AvgIpc) is 2.84. The molecule has 11 heteroatoms. The highest BCUT2D eigenvalue weighted by molar-refractivity contribution is 7.89. The molecule has 3 aromatic rings. The van der Waals surface area contributed by atoms with Gasteiger partial charge in [-0.15, -0.1) is 0 Å². The summed E-state index contributed by atoms with van der Waals surface area (Å²) in [5.74, 6) is -0.363. The van der Waals surface area contributed by atoms with E-state index < -0.39 is 33.5 Å². The second-order valence-electron chi connectivity index (χ2n) is 10.00. The molecular formula is C26H30FN5O4S. The van der Waals surface area contributed by atoms with E-state index in [0.717, 1.165) is 0 Å². The van der Waals surface area contributed by atoms with Crippen molar-refractivity contribution >= 4 is 21.9 Å². The molecule has 2 aromatic carbocycles. The quantitative estimate of drug-likeness (QED) is 0.501. The minimum atomic E-state index is -4.00. The van der Waals surface area contributed by atoms with Gasteiger partial charge in [0, 0.05) is 35.8 Å². The minimum absolute atomic E-state index is 0.0349. The largest absolute Gasteiger partial charge is 0.465 e. The summed E-state index contributed by atoms with van der Waals surface area (Å²) in [4.78, 5) is 21.4. The first-order valence-corrected chi connectivity index (χ1v) is 13.3. The summed E-state index contributed by atoms with van der Waals surface area (Å²) in [6.45, 7) is 5.69. The topological polar surface area (TPSA) is 130 Å². The highest BCUT2D eigenvalue weighted by Gasteiger charge is 2.39. The Morgan fingerprint density at radius 3 is 2.49 bits per heavy atom. The fraction of sp³-hybridized carbons (Fsp3) is 0.346. The molecule has 1 saturated heterocycles. The number of sulfonamides is 1. The Morgan fingerprint density at radius 1 is 1.14 bits per heavy atom. The van der Waals surface area contributed by atoms with Crippen LogP contribution in [0.3, 0.4) is 0 Å². The van der Waals surface area contributed by atoms with Gasteiger partial charge in [-0.2, -0.15) is 4.31 Å². The van der Waals surface area contributed by atoms with Crippen LogP contribution in [0.25, 0.3) is 22.4 Å². The van der Waals surface area contributed by atoms with Crippen LogP contribution in [-0.2, 0) is 10.0 Å². The Hall–Kier alpha value is -3.57. The second-order valence-corrected chi connectivity index (χ2v) is 11.9. The van der Waals surface area contributed by atoms with E-state index in [1.165, 1.54) is 39.8 Å². The lowest BCUT2D eigenvalue weighted by atomic mass is 9.99. The average molecular weight is 528 g/mol. The lowest BCUT2D eigenvalue weighted by Gasteiger charge is -2.43. The number of rotatable bonds is 5. The predicted molar refractivity (Wildman–Crippen MR) is 139 cm³/mol. The zero-order valence-electron chi connectivity index (χ0n) is 20.9. The molecule has 196 valence electrons. The van der Waals surface area contributed by atoms with E-state index in [9.17, 15) is 18.3 Å². The smallest absolute Gasteiger partial charge is 0.408 e. The minimum Gasteiger partial charge on any atom is -0.465 e. The van der Waals surface area contributed by atoms with Crippen LogP contribution in [0.15, 0.2) is 59.8 Å². The van der Waals surface area contributed by atoms with Crippen molar-refractivity contribution in [2.45, 2.75) is 50.1 Å². The highest BCUT2D eigenvalue weighted by Crippen LogP contribution is 2.34. The van der Waals surface area contributed by atoms with E-state index >= 15 is 4.39 Å². The van der Waals surface area contributed by atoms with Crippen LogP contribution in [0.2, 0.25) is 0 Å². The summed E-state index contributed by atoms with van der Waals surface area (Å²) in [6, 6.07) is 10.4. The molecule has 1 aliphatic rings. The van der Waals surface area contributed by atoms with Crippen molar-refractivity contribution < 1.29 is 22.7 Å². The molecular weight excluding hydrogens is 497 g/mol. The van der Waals surface area contributed by atoms with Crippen LogP contribution in [0.4, 0.5) is 15.0 Å². The molecule has 1 aromatic heterocycles. The molecule has 0 spiro atoms. The molecule has 1 atom stereocenters. The Morgan fingerprint density at radius 2 is 1.86 bits per heavy atom. The third-order valence-electron chi connectivity index (χ3n) is 6.39. The van der Waals surface area contributed by atoms with E-state index in [1.54, 1.807) is 45.0 Å². The van der Waals surface area contributed by atoms with E-state index in [1.807, 2.05) is 0 Å². The Bertz CT molecular complexity index is 1410. The van der Waals surface area contributed by atoms with Crippen molar-refractivity contribution in [3.8, 4) is 22.4 Å². The summed E-state index contributed by atoms with van der Waals surface area (Å²) in [7, 11) is -4.00. The van der Waals surface area contributed by atoms with Crippen LogP contribution in [0.1, 0.15) is 33.6 Å². The molecule has 1 amide bonds. The number of anilines is 1. The molecule has 1 fully saturated rings. The normalized spacial score (nSPS) is 16.9. The van der Waals surface area contributed by atoms with Gasteiger partial charge in [-0.05, 0) is 57.4 Å². The van der Waals surface area contributed by atoms with Gasteiger partial charge in [0.25, 0.3) is 0 Å². The van der Waals surface area contributed by atoms with Gasteiger partial charge in [0.05, 0.1) is 23.0 Å². The van der Waals surface area contributed by atoms with Crippen LogP contribution >= 0.6 is 0 Å². The molecule has 1 unspecified atom stereocenters. The monoisotopic (exact) mass is 527 g/mol. The first-order valence-electron chi connectivity index (χ1n) is 11.9. The van der Waals surface area contributed by atoms with Crippen molar-refractivity contribution in [2.75, 3.05) is 18.8 Å². The molecule has 2 heterocycles. The van der Waals surface area contributed by atoms with Crippen LogP contribution in [0.5, 0.6) is 0 Å². The fourth-order valence-electron chi connectivity index (χ4n) is 4.78. The van der Waals surface area contributed by atoms with Crippen molar-refractivity contribution in [3.63, 3.8) is 0 Å². The lowest BCUT2D eigenvalue weighted by Crippen LogP contribution is -2.57. The molecule has 37 heavy (non-hydrogen) atoms. The molecule has 0 radical (unpaired) electrons. The number of halogens is 1. The molecule has 3 N–H and O–H groups in total. The molecule has 4 rings (SSSR count). The zero-order chi connectivity index (χ0) is 27.0. The van der Waals surface area contributed by atoms with Gasteiger partial charge in [-0.3, -0.25) is 9.88 Å². The van der Waals surface area contributed by atoms with Crippen molar-refractivity contribution in [2.24, 2.45) is 0 Å². The third kappa shape index (κ3) is 5.42. The number of hydrogen-bond donors (Lipinski definition) is 2. The van der Waals surface area contributed by atoms with E-state index in [4.69, 9.17) is 5.73 Å². The summed E-state index contributed by atoms with van der Waals surface area (Å²) in [6.07, 6.45) is 2.71. The van der Waals surface area contributed by atoms with Crippen LogP contribution < -0.4 is 5.73 Å². The Labute approximate surface area is 215 Å². The first kappa shape index (κ1) is 26.5. The Kier molecular flexibility index (Phi) is 7.20. The maximum atomic E-state index is 15.1. The van der Waals surface area contributed by atoms with Gasteiger partial charge in [-0.25, -0.2) is 22.6 Å². The maximum absolute atomic E-state index is 15.1. The summed E-state index contributed by atoms with van der Waals surface area (Å²) in [5, 5.41) is 9.81. The molecule has 1 aliphatic heterocycles. The molecule has 0 aliphatic carbocycles. The van der Waals surface area contributed by atoms with Crippen molar-refractivity contribution in [1.82, 2.24) is 19.2 Å². The first-order chi connectivity index (χ1) is 17.4. The third-order valence-corrected chi connectivity index (χ3v) is 8.31. The standard InChI is InChI=1S/C26H30FN5O4S/c1-26(2,3)32(25(33)34)18-7-6-12-31(16-18)37(35,36)23-9-5-4-8-19(23)17-10-11-20(21(27)13-17)22-14-30-24(28)15-29-22/h4-5,8-11,13-15,18H,6-7,12,16H2,1-3H3,(H2,28,30)(H,33,34). The molecule has 0 saturated carbocycles. The van der Waals surface area contributed by atoms with Gasteiger partial charge >= 0.3 is 6.09 Å². The van der Waals surface area contributed by atoms with Gasteiger partial charge in [0.15, 0.2) is 0 Å². The second kappa shape index (κ2) is 10.1. The van der Waals surface area contributed by atoms with E-state index in [2.05, 4.69) is 9.97 Å². The number of aromatic nitrogens is 2. The number of benzene rings is 2. The fourth-order valence-corrected chi connectivity index (χ4v) is 6.51. The number of carboxylic acid groups (broad SMARTS) is 1. The lowest BCUT2D eigenvalue weighted by molar-refractivity contribution is 0.0505. The van der Waals surface area contributed by atoms with Crippen molar-refractivity contribution in [1.29, 1.82) is 0 Å². The number of piperidine rings is 1. The van der Waals surface area contributed by atoms with Crippen LogP contribution in [-0.4, -0.2) is 63.5 Å². The summed E-state index contributed by atoms with van der Waals surface area (Å²) in [5.41, 5.74) is 6.14. The van der Waals surface area contributed by atoms with Crippen molar-refractivity contribution in [3.05, 3.63) is 60.7 Å². The van der Waals surface area contributed by atoms with E-state index in [-0.39, 0.29) is 29.4 Å². The zero-order valence-corrected chi connectivity index (χ0v) is 21.7. The van der Waals surface area contributed by atoms with Gasteiger partial charge in [0.1, 0.15) is 11.6 Å². The predicted octanol–water partition coefficient (Wildman–Crippen LogP) is 4.46. The number of nitrogens with zero attached hydrogens (tertiary/aromatic N) is 4. The molecule has 0 bridgehead atoms. The SMILES string of the molecule is CC(C)(C)N(C(=O)O)C1CCCN(S(=O)(=O)c2ccccc2-c2ccc(-c3cnc(N)cn3)c(F)c2)C1. The van der Waals surface area contributed by atoms with Gasteiger partial charge < -0.3 is 10.8 Å². The summed E-state index contributed by atoms with van der Waals surface area (Å²) >= 11 is 0. The van der Waals surface area contributed by atoms with E-state index in [0.29, 0.717) is 29.7 Å². The Balaban J connectivity index is 1.68. The number of hydrogen-bond acceptors (Lipinski definition) is 6. The number of nitrogens with two attached hydrogens (primary N) is 1. The molecule has 9 nitrogen and oxygen atoms in total.